The summed E-state index contributed by atoms with van der Waals surface area (Å²) in [5.41, 5.74) is 8.78. The number of nitrogen functional groups attached to an aromatic ring is 1. The molecule has 0 aliphatic heterocycles. The molecule has 6 nitrogen and oxygen atoms in total. The van der Waals surface area contributed by atoms with Crippen LogP contribution in [0, 0.1) is 12.8 Å². The molecule has 0 aliphatic rings. The van der Waals surface area contributed by atoms with Crippen LogP contribution in [-0.2, 0) is 20.7 Å². The Morgan fingerprint density at radius 2 is 1.85 bits per heavy atom. The lowest BCUT2D eigenvalue weighted by Crippen LogP contribution is -2.26. The molecule has 0 amide bonds. The van der Waals surface area contributed by atoms with Gasteiger partial charge in [-0.2, -0.15) is 5.10 Å². The fourth-order valence-electron chi connectivity index (χ4n) is 2.67. The number of hydrogen-bond acceptors (Lipinski definition) is 5. The summed E-state index contributed by atoms with van der Waals surface area (Å²) in [7, 11) is 0. The number of anilines is 1. The summed E-state index contributed by atoms with van der Waals surface area (Å²) in [6.45, 7) is 9.65. The standard InChI is InChI=1S/C13H16O3.C7H13N3/c1-3-16-13(15)12(10(2)14)9-11-7-5-4-6-8-11;1-4(2)6-5(3)9-10-7(6)8/h4-8,12H,3,9H2,1-2H3;4H,1-3H3,(H3,8,9,10). The Bertz CT molecular complexity index is 689. The van der Waals surface area contributed by atoms with Crippen molar-refractivity contribution in [3.63, 3.8) is 0 Å². The molecule has 1 aromatic heterocycles. The molecule has 6 heteroatoms. The quantitative estimate of drug-likeness (QED) is 0.608. The lowest BCUT2D eigenvalue weighted by Gasteiger charge is -2.12. The molecule has 142 valence electrons. The normalized spacial score (nSPS) is 11.5. The molecule has 0 radical (unpaired) electrons. The number of rotatable bonds is 6. The lowest BCUT2D eigenvalue weighted by molar-refractivity contribution is -0.151. The molecule has 26 heavy (non-hydrogen) atoms. The van der Waals surface area contributed by atoms with E-state index < -0.39 is 11.9 Å². The first-order chi connectivity index (χ1) is 12.3. The van der Waals surface area contributed by atoms with Crippen molar-refractivity contribution in [3.05, 3.63) is 47.2 Å². The number of ether oxygens (including phenoxy) is 1. The fraction of sp³-hybridized carbons (Fsp3) is 0.450. The smallest absolute Gasteiger partial charge is 0.316 e. The number of Topliss-reactive ketones (excluding diaryl/α,β-unsaturated/α-hetero) is 1. The highest BCUT2D eigenvalue weighted by Gasteiger charge is 2.24. The number of carbonyl (C=O) groups excluding carboxylic acids is 2. The van der Waals surface area contributed by atoms with E-state index in [1.807, 2.05) is 37.3 Å². The highest BCUT2D eigenvalue weighted by molar-refractivity contribution is 5.97. The molecule has 1 atom stereocenters. The second kappa shape index (κ2) is 10.4. The van der Waals surface area contributed by atoms with Gasteiger partial charge in [-0.3, -0.25) is 14.7 Å². The third-order valence-electron chi connectivity index (χ3n) is 3.95. The Kier molecular flexibility index (Phi) is 8.55. The van der Waals surface area contributed by atoms with Crippen LogP contribution in [-0.4, -0.2) is 28.6 Å². The van der Waals surface area contributed by atoms with Crippen molar-refractivity contribution in [1.82, 2.24) is 10.2 Å². The Balaban J connectivity index is 0.000000289. The van der Waals surface area contributed by atoms with Crippen molar-refractivity contribution < 1.29 is 14.3 Å². The minimum Gasteiger partial charge on any atom is -0.465 e. The third kappa shape index (κ3) is 6.35. The van der Waals surface area contributed by atoms with Gasteiger partial charge in [0.25, 0.3) is 0 Å². The second-order valence-corrected chi connectivity index (χ2v) is 6.41. The summed E-state index contributed by atoms with van der Waals surface area (Å²) in [5, 5.41) is 6.73. The average Bonchev–Trinajstić information content (AvgIpc) is 2.93. The number of benzene rings is 1. The Morgan fingerprint density at radius 1 is 1.23 bits per heavy atom. The summed E-state index contributed by atoms with van der Waals surface area (Å²) >= 11 is 0. The van der Waals surface area contributed by atoms with Crippen LogP contribution in [0.2, 0.25) is 0 Å². The van der Waals surface area contributed by atoms with E-state index in [9.17, 15) is 9.59 Å². The van der Waals surface area contributed by atoms with Gasteiger partial charge in [-0.05, 0) is 38.7 Å². The fourth-order valence-corrected chi connectivity index (χ4v) is 2.67. The maximum absolute atomic E-state index is 11.5. The number of nitrogens with two attached hydrogens (primary N) is 1. The number of ketones is 1. The molecule has 0 bridgehead atoms. The number of aryl methyl sites for hydroxylation is 1. The number of aromatic amines is 1. The minimum atomic E-state index is -0.678. The van der Waals surface area contributed by atoms with Crippen molar-refractivity contribution in [1.29, 1.82) is 0 Å². The largest absolute Gasteiger partial charge is 0.465 e. The number of nitrogens with one attached hydrogen (secondary N) is 1. The van der Waals surface area contributed by atoms with Crippen LogP contribution in [0.5, 0.6) is 0 Å². The highest BCUT2D eigenvalue weighted by Crippen LogP contribution is 2.22. The topological polar surface area (TPSA) is 98.1 Å². The molecule has 2 aromatic rings. The lowest BCUT2D eigenvalue weighted by atomic mass is 9.96. The molecule has 2 rings (SSSR count). The Labute approximate surface area is 155 Å². The van der Waals surface area contributed by atoms with E-state index in [-0.39, 0.29) is 5.78 Å². The predicted octanol–water partition coefficient (Wildman–Crippen LogP) is 3.42. The zero-order valence-electron chi connectivity index (χ0n) is 16.2. The summed E-state index contributed by atoms with van der Waals surface area (Å²) in [4.78, 5) is 22.9. The van der Waals surface area contributed by atoms with E-state index in [1.165, 1.54) is 6.92 Å². The van der Waals surface area contributed by atoms with E-state index >= 15 is 0 Å². The monoisotopic (exact) mass is 359 g/mol. The van der Waals surface area contributed by atoms with Gasteiger partial charge in [0.05, 0.1) is 6.61 Å². The van der Waals surface area contributed by atoms with Gasteiger partial charge >= 0.3 is 5.97 Å². The average molecular weight is 359 g/mol. The maximum atomic E-state index is 11.5. The van der Waals surface area contributed by atoms with Crippen molar-refractivity contribution in [2.45, 2.75) is 47.0 Å². The molecular weight excluding hydrogens is 330 g/mol. The molecule has 1 heterocycles. The summed E-state index contributed by atoms with van der Waals surface area (Å²) < 4.78 is 4.88. The van der Waals surface area contributed by atoms with Crippen molar-refractivity contribution in [3.8, 4) is 0 Å². The van der Waals surface area contributed by atoms with E-state index in [2.05, 4.69) is 24.0 Å². The van der Waals surface area contributed by atoms with Gasteiger partial charge in [0, 0.05) is 11.3 Å². The zero-order valence-corrected chi connectivity index (χ0v) is 16.2. The van der Waals surface area contributed by atoms with Gasteiger partial charge in [-0.25, -0.2) is 0 Å². The summed E-state index contributed by atoms with van der Waals surface area (Å²) in [6.07, 6.45) is 0.412. The maximum Gasteiger partial charge on any atom is 0.316 e. The minimum absolute atomic E-state index is 0.151. The Hall–Kier alpha value is -2.63. The molecule has 0 saturated carbocycles. The number of nitrogens with zero attached hydrogens (tertiary/aromatic N) is 1. The molecule has 1 unspecified atom stereocenters. The van der Waals surface area contributed by atoms with E-state index in [0.29, 0.717) is 24.8 Å². The molecule has 0 saturated heterocycles. The van der Waals surface area contributed by atoms with Crippen molar-refractivity contribution >= 4 is 17.6 Å². The SMILES string of the molecule is CCOC(=O)C(Cc1ccccc1)C(C)=O.Cc1[nH]nc(N)c1C(C)C. The Morgan fingerprint density at radius 3 is 2.23 bits per heavy atom. The number of carbonyl (C=O) groups is 2. The first-order valence-corrected chi connectivity index (χ1v) is 8.79. The van der Waals surface area contributed by atoms with Gasteiger partial charge in [-0.15, -0.1) is 0 Å². The van der Waals surface area contributed by atoms with Crippen LogP contribution < -0.4 is 5.73 Å². The van der Waals surface area contributed by atoms with Gasteiger partial charge in [0.15, 0.2) is 0 Å². The number of esters is 1. The first kappa shape index (κ1) is 21.4. The predicted molar refractivity (Wildman–Crippen MR) is 103 cm³/mol. The number of H-pyrrole nitrogens is 1. The van der Waals surface area contributed by atoms with Crippen molar-refractivity contribution in [2.24, 2.45) is 5.92 Å². The molecule has 3 N–H and O–H groups in total. The number of hydrogen-bond donors (Lipinski definition) is 2. The van der Waals surface area contributed by atoms with Crippen molar-refractivity contribution in [2.75, 3.05) is 12.3 Å². The van der Waals surface area contributed by atoms with Crippen LogP contribution in [0.25, 0.3) is 0 Å². The summed E-state index contributed by atoms with van der Waals surface area (Å²) in [5.74, 6) is -0.172. The van der Waals surface area contributed by atoms with Crippen LogP contribution in [0.3, 0.4) is 0 Å². The van der Waals surface area contributed by atoms with E-state index in [4.69, 9.17) is 10.5 Å². The van der Waals surface area contributed by atoms with Gasteiger partial charge in [0.1, 0.15) is 17.5 Å². The van der Waals surface area contributed by atoms with Crippen LogP contribution >= 0.6 is 0 Å². The van der Waals surface area contributed by atoms with Crippen LogP contribution in [0.4, 0.5) is 5.82 Å². The molecule has 0 fully saturated rings. The zero-order chi connectivity index (χ0) is 19.7. The summed E-state index contributed by atoms with van der Waals surface area (Å²) in [6, 6.07) is 9.47. The first-order valence-electron chi connectivity index (χ1n) is 8.79. The van der Waals surface area contributed by atoms with E-state index in [1.54, 1.807) is 6.92 Å². The number of aromatic nitrogens is 2. The van der Waals surface area contributed by atoms with Crippen LogP contribution in [0.15, 0.2) is 30.3 Å². The second-order valence-electron chi connectivity index (χ2n) is 6.41. The van der Waals surface area contributed by atoms with E-state index in [0.717, 1.165) is 16.8 Å². The molecule has 1 aromatic carbocycles. The van der Waals surface area contributed by atoms with Gasteiger partial charge < -0.3 is 10.5 Å². The molecule has 0 aliphatic carbocycles. The van der Waals surface area contributed by atoms with Gasteiger partial charge in [-0.1, -0.05) is 44.2 Å². The van der Waals surface area contributed by atoms with Gasteiger partial charge in [0.2, 0.25) is 0 Å². The highest BCUT2D eigenvalue weighted by atomic mass is 16.5. The third-order valence-corrected chi connectivity index (χ3v) is 3.95. The molecule has 0 spiro atoms. The van der Waals surface area contributed by atoms with Crippen LogP contribution in [0.1, 0.15) is 50.4 Å². The molecular formula is C20H29N3O3.